The number of nitrogens with two attached hydrogens (primary N) is 1. The van der Waals surface area contributed by atoms with Gasteiger partial charge in [0, 0.05) is 23.4 Å². The molecule has 124 valence electrons. The number of amides is 1. The van der Waals surface area contributed by atoms with Crippen molar-refractivity contribution in [2.24, 2.45) is 5.73 Å². The Kier molecular flexibility index (Phi) is 4.06. The summed E-state index contributed by atoms with van der Waals surface area (Å²) < 4.78 is 14.1. The molecule has 1 aromatic carbocycles. The molecule has 8 heteroatoms. The van der Waals surface area contributed by atoms with Gasteiger partial charge in [0.15, 0.2) is 0 Å². The second kappa shape index (κ2) is 6.04. The fraction of sp³-hybridized carbons (Fsp3) is 0.188. The van der Waals surface area contributed by atoms with Gasteiger partial charge in [-0.2, -0.15) is 0 Å². The lowest BCUT2D eigenvalue weighted by atomic mass is 10.0. The van der Waals surface area contributed by atoms with Gasteiger partial charge in [-0.25, -0.2) is 9.18 Å². The number of fused-ring (bicyclic) bond motifs is 1. The maximum Gasteiger partial charge on any atom is 0.329 e. The maximum absolute atomic E-state index is 13.2. The van der Waals surface area contributed by atoms with E-state index in [2.05, 4.69) is 4.98 Å². The molecule has 2 aromatic heterocycles. The van der Waals surface area contributed by atoms with Gasteiger partial charge in [-0.15, -0.1) is 11.3 Å². The van der Waals surface area contributed by atoms with Crippen molar-refractivity contribution in [3.05, 3.63) is 55.8 Å². The van der Waals surface area contributed by atoms with E-state index in [1.54, 1.807) is 12.1 Å². The molecule has 0 aliphatic carbocycles. The van der Waals surface area contributed by atoms with Gasteiger partial charge < -0.3 is 5.73 Å². The molecule has 0 unspecified atom stereocenters. The largest absolute Gasteiger partial charge is 0.370 e. The van der Waals surface area contributed by atoms with E-state index in [1.165, 1.54) is 23.5 Å². The van der Waals surface area contributed by atoms with Crippen molar-refractivity contribution in [1.82, 2.24) is 9.55 Å². The number of hydrogen-bond acceptors (Lipinski definition) is 4. The van der Waals surface area contributed by atoms with Crippen molar-refractivity contribution in [3.63, 3.8) is 0 Å². The lowest BCUT2D eigenvalue weighted by molar-refractivity contribution is -0.118. The normalized spacial score (nSPS) is 11.1. The summed E-state index contributed by atoms with van der Waals surface area (Å²) in [7, 11) is 0. The zero-order valence-corrected chi connectivity index (χ0v) is 13.6. The van der Waals surface area contributed by atoms with Crippen molar-refractivity contribution < 1.29 is 9.18 Å². The molecule has 0 spiro atoms. The van der Waals surface area contributed by atoms with E-state index in [4.69, 9.17) is 5.73 Å². The molecule has 0 aliphatic rings. The number of halogens is 1. The molecular formula is C16H14FN3O3S. The van der Waals surface area contributed by atoms with Gasteiger partial charge >= 0.3 is 5.69 Å². The summed E-state index contributed by atoms with van der Waals surface area (Å²) in [6.07, 6.45) is -0.108. The van der Waals surface area contributed by atoms with Crippen LogP contribution in [0.1, 0.15) is 11.3 Å². The molecule has 0 bridgehead atoms. The fourth-order valence-electron chi connectivity index (χ4n) is 2.62. The van der Waals surface area contributed by atoms with Crippen molar-refractivity contribution >= 4 is 27.5 Å². The minimum Gasteiger partial charge on any atom is -0.370 e. The van der Waals surface area contributed by atoms with Crippen LogP contribution >= 0.6 is 11.3 Å². The molecule has 6 nitrogen and oxygen atoms in total. The Morgan fingerprint density at radius 3 is 2.58 bits per heavy atom. The summed E-state index contributed by atoms with van der Waals surface area (Å²) in [6, 6.07) is 5.80. The SMILES string of the molecule is Cc1sc2[nH]c(=O)n(CCC(N)=O)c(=O)c2c1-c1ccc(F)cc1. The van der Waals surface area contributed by atoms with Gasteiger partial charge in [0.05, 0.1) is 5.39 Å². The number of hydrogen-bond donors (Lipinski definition) is 2. The standard InChI is InChI=1S/C16H14FN3O3S/c1-8-12(9-2-4-10(17)5-3-9)13-14(24-8)19-16(23)20(15(13)22)7-6-11(18)21/h2-5H,6-7H2,1H3,(H2,18,21)(H,19,23). The molecule has 0 saturated heterocycles. The first-order chi connectivity index (χ1) is 11.4. The number of benzene rings is 1. The summed E-state index contributed by atoms with van der Waals surface area (Å²) in [5.74, 6) is -0.968. The van der Waals surface area contributed by atoms with Crippen LogP contribution in [-0.4, -0.2) is 15.5 Å². The minimum atomic E-state index is -0.596. The highest BCUT2D eigenvalue weighted by molar-refractivity contribution is 7.19. The van der Waals surface area contributed by atoms with Gasteiger partial charge in [-0.3, -0.25) is 19.1 Å². The van der Waals surface area contributed by atoms with Crippen molar-refractivity contribution in [2.45, 2.75) is 19.9 Å². The predicted molar refractivity (Wildman–Crippen MR) is 90.6 cm³/mol. The van der Waals surface area contributed by atoms with Crippen LogP contribution in [0.2, 0.25) is 0 Å². The number of nitrogens with one attached hydrogen (secondary N) is 1. The number of carbonyl (C=O) groups excluding carboxylic acids is 1. The Balaban J connectivity index is 2.27. The number of rotatable bonds is 4. The highest BCUT2D eigenvalue weighted by Gasteiger charge is 2.18. The molecule has 0 fully saturated rings. The number of H-pyrrole nitrogens is 1. The summed E-state index contributed by atoms with van der Waals surface area (Å²) in [5.41, 5.74) is 5.36. The second-order valence-electron chi connectivity index (χ2n) is 5.35. The van der Waals surface area contributed by atoms with Crippen molar-refractivity contribution in [3.8, 4) is 11.1 Å². The number of nitrogens with zero attached hydrogens (tertiary/aromatic N) is 1. The van der Waals surface area contributed by atoms with E-state index >= 15 is 0 Å². The molecule has 0 radical (unpaired) electrons. The third-order valence-electron chi connectivity index (χ3n) is 3.72. The molecule has 0 atom stereocenters. The summed E-state index contributed by atoms with van der Waals surface area (Å²) in [4.78, 5) is 39.7. The van der Waals surface area contributed by atoms with Crippen LogP contribution in [0, 0.1) is 12.7 Å². The lowest BCUT2D eigenvalue weighted by Gasteiger charge is -2.05. The number of aryl methyl sites for hydroxylation is 1. The number of primary amides is 1. The number of aromatic amines is 1. The minimum absolute atomic E-state index is 0.0861. The molecule has 0 aliphatic heterocycles. The highest BCUT2D eigenvalue weighted by atomic mass is 32.1. The smallest absolute Gasteiger partial charge is 0.329 e. The maximum atomic E-state index is 13.2. The van der Waals surface area contributed by atoms with E-state index in [0.29, 0.717) is 21.3 Å². The molecule has 24 heavy (non-hydrogen) atoms. The van der Waals surface area contributed by atoms with E-state index in [9.17, 15) is 18.8 Å². The van der Waals surface area contributed by atoms with Crippen LogP contribution in [0.15, 0.2) is 33.9 Å². The zero-order valence-electron chi connectivity index (χ0n) is 12.8. The molecule has 3 aromatic rings. The molecular weight excluding hydrogens is 333 g/mol. The van der Waals surface area contributed by atoms with E-state index in [1.807, 2.05) is 6.92 Å². The number of thiophene rings is 1. The van der Waals surface area contributed by atoms with E-state index < -0.39 is 17.2 Å². The Morgan fingerprint density at radius 1 is 1.29 bits per heavy atom. The first kappa shape index (κ1) is 16.1. The topological polar surface area (TPSA) is 97.9 Å². The number of carbonyl (C=O) groups is 1. The monoisotopic (exact) mass is 347 g/mol. The molecule has 1 amide bonds. The average molecular weight is 347 g/mol. The molecule has 3 N–H and O–H groups in total. The first-order valence-corrected chi connectivity index (χ1v) is 8.00. The van der Waals surface area contributed by atoms with Gasteiger partial charge in [-0.1, -0.05) is 12.1 Å². The second-order valence-corrected chi connectivity index (χ2v) is 6.57. The van der Waals surface area contributed by atoms with Crippen LogP contribution < -0.4 is 17.0 Å². The molecule has 0 saturated carbocycles. The predicted octanol–water partition coefficient (Wildman–Crippen LogP) is 1.74. The third kappa shape index (κ3) is 2.76. The van der Waals surface area contributed by atoms with E-state index in [-0.39, 0.29) is 18.8 Å². The van der Waals surface area contributed by atoms with Gasteiger partial charge in [0.2, 0.25) is 5.91 Å². The third-order valence-corrected chi connectivity index (χ3v) is 4.74. The quantitative estimate of drug-likeness (QED) is 0.752. The number of aromatic nitrogens is 2. The Morgan fingerprint density at radius 2 is 1.96 bits per heavy atom. The summed E-state index contributed by atoms with van der Waals surface area (Å²) in [6.45, 7) is 1.74. The van der Waals surface area contributed by atoms with Crippen molar-refractivity contribution in [2.75, 3.05) is 0 Å². The van der Waals surface area contributed by atoms with E-state index in [0.717, 1.165) is 9.44 Å². The van der Waals surface area contributed by atoms with Crippen LogP contribution in [-0.2, 0) is 11.3 Å². The Labute approximate surface area is 139 Å². The van der Waals surface area contributed by atoms with Crippen molar-refractivity contribution in [1.29, 1.82) is 0 Å². The van der Waals surface area contributed by atoms with Gasteiger partial charge in [0.1, 0.15) is 10.6 Å². The summed E-state index contributed by atoms with van der Waals surface area (Å²) >= 11 is 1.28. The van der Waals surface area contributed by atoms with Gasteiger partial charge in [-0.05, 0) is 24.6 Å². The first-order valence-electron chi connectivity index (χ1n) is 7.19. The average Bonchev–Trinajstić information content (AvgIpc) is 2.83. The Hall–Kier alpha value is -2.74. The van der Waals surface area contributed by atoms with Crippen LogP contribution in [0.4, 0.5) is 4.39 Å². The fourth-order valence-corrected chi connectivity index (χ4v) is 3.68. The summed E-state index contributed by atoms with van der Waals surface area (Å²) in [5, 5.41) is 0.355. The Bertz CT molecular complexity index is 1050. The van der Waals surface area contributed by atoms with Crippen LogP contribution in [0.3, 0.4) is 0 Å². The van der Waals surface area contributed by atoms with Gasteiger partial charge in [0.25, 0.3) is 5.56 Å². The van der Waals surface area contributed by atoms with Crippen LogP contribution in [0.5, 0.6) is 0 Å². The highest BCUT2D eigenvalue weighted by Crippen LogP contribution is 2.35. The van der Waals surface area contributed by atoms with Crippen LogP contribution in [0.25, 0.3) is 21.3 Å². The zero-order chi connectivity index (χ0) is 17.4. The molecule has 3 rings (SSSR count). The lowest BCUT2D eigenvalue weighted by Crippen LogP contribution is -2.36. The molecule has 2 heterocycles.